The van der Waals surface area contributed by atoms with Gasteiger partial charge in [0.25, 0.3) is 0 Å². The van der Waals surface area contributed by atoms with Crippen molar-refractivity contribution >= 4 is 5.91 Å². The molecule has 0 radical (unpaired) electrons. The van der Waals surface area contributed by atoms with Gasteiger partial charge in [0.1, 0.15) is 0 Å². The van der Waals surface area contributed by atoms with Crippen LogP contribution in [-0.2, 0) is 4.79 Å². The van der Waals surface area contributed by atoms with E-state index in [2.05, 4.69) is 41.4 Å². The second kappa shape index (κ2) is 6.98. The van der Waals surface area contributed by atoms with Gasteiger partial charge in [0.2, 0.25) is 5.91 Å². The number of aryl methyl sites for hydroxylation is 2. The number of rotatable bonds is 6. The summed E-state index contributed by atoms with van der Waals surface area (Å²) in [6.07, 6.45) is 4.26. The third-order valence-corrected chi connectivity index (χ3v) is 4.20. The fourth-order valence-corrected chi connectivity index (χ4v) is 2.91. The molecule has 126 valence electrons. The summed E-state index contributed by atoms with van der Waals surface area (Å²) in [5, 5.41) is 14.6. The number of hydrogen-bond donors (Lipinski definition) is 2. The standard InChI is InChI=1S/C17H27N5O/c1-10(2)22-9-15(8-18-22)12(4)19-16(23)7-11(3)17-13(5)20-21-14(17)6/h8-12H,7H2,1-6H3,(H,19,23)(H,20,21)/t11-,12-/m1/s1. The topological polar surface area (TPSA) is 75.6 Å². The molecule has 0 saturated heterocycles. The normalized spacial score (nSPS) is 14.0. The molecule has 0 aliphatic carbocycles. The van der Waals surface area contributed by atoms with E-state index >= 15 is 0 Å². The van der Waals surface area contributed by atoms with E-state index in [-0.39, 0.29) is 17.9 Å². The Morgan fingerprint density at radius 3 is 2.52 bits per heavy atom. The number of carbonyl (C=O) groups is 1. The summed E-state index contributed by atoms with van der Waals surface area (Å²) >= 11 is 0. The molecule has 2 aromatic rings. The predicted molar refractivity (Wildman–Crippen MR) is 90.3 cm³/mol. The summed E-state index contributed by atoms with van der Waals surface area (Å²) in [4.78, 5) is 12.3. The van der Waals surface area contributed by atoms with Crippen LogP contribution in [0.5, 0.6) is 0 Å². The summed E-state index contributed by atoms with van der Waals surface area (Å²) in [5.74, 6) is 0.182. The van der Waals surface area contributed by atoms with Crippen LogP contribution in [0.1, 0.15) is 74.6 Å². The summed E-state index contributed by atoms with van der Waals surface area (Å²) in [6.45, 7) is 12.2. The number of aromatic nitrogens is 4. The van der Waals surface area contributed by atoms with E-state index in [1.54, 1.807) is 0 Å². The third kappa shape index (κ3) is 4.00. The zero-order valence-corrected chi connectivity index (χ0v) is 14.8. The van der Waals surface area contributed by atoms with E-state index in [0.29, 0.717) is 12.5 Å². The van der Waals surface area contributed by atoms with Crippen LogP contribution in [0.25, 0.3) is 0 Å². The fraction of sp³-hybridized carbons (Fsp3) is 0.588. The van der Waals surface area contributed by atoms with E-state index in [1.165, 1.54) is 0 Å². The van der Waals surface area contributed by atoms with Crippen molar-refractivity contribution in [1.29, 1.82) is 0 Å². The van der Waals surface area contributed by atoms with Gasteiger partial charge < -0.3 is 5.32 Å². The van der Waals surface area contributed by atoms with Crippen molar-refractivity contribution in [3.63, 3.8) is 0 Å². The predicted octanol–water partition coefficient (Wildman–Crippen LogP) is 3.17. The third-order valence-electron chi connectivity index (χ3n) is 4.20. The Kier molecular flexibility index (Phi) is 5.23. The highest BCUT2D eigenvalue weighted by Gasteiger charge is 2.19. The molecule has 0 spiro atoms. The minimum atomic E-state index is -0.0475. The number of carbonyl (C=O) groups excluding carboxylic acids is 1. The van der Waals surface area contributed by atoms with Crippen molar-refractivity contribution in [3.8, 4) is 0 Å². The monoisotopic (exact) mass is 317 g/mol. The minimum absolute atomic E-state index is 0.0438. The lowest BCUT2D eigenvalue weighted by Crippen LogP contribution is -2.27. The van der Waals surface area contributed by atoms with Crippen molar-refractivity contribution in [2.45, 2.75) is 66.0 Å². The fourth-order valence-electron chi connectivity index (χ4n) is 2.91. The lowest BCUT2D eigenvalue weighted by molar-refractivity contribution is -0.122. The number of nitrogens with zero attached hydrogens (tertiary/aromatic N) is 3. The average Bonchev–Trinajstić information content (AvgIpc) is 3.06. The molecular formula is C17H27N5O. The summed E-state index contributed by atoms with van der Waals surface area (Å²) in [5.41, 5.74) is 4.17. The first-order valence-corrected chi connectivity index (χ1v) is 8.14. The van der Waals surface area contributed by atoms with Gasteiger partial charge in [0.05, 0.1) is 17.9 Å². The Balaban J connectivity index is 1.96. The lowest BCUT2D eigenvalue weighted by Gasteiger charge is -2.16. The summed E-state index contributed by atoms with van der Waals surface area (Å²) < 4.78 is 1.90. The second-order valence-corrected chi connectivity index (χ2v) is 6.59. The molecule has 0 bridgehead atoms. The highest BCUT2D eigenvalue weighted by molar-refractivity contribution is 5.77. The molecule has 0 fully saturated rings. The van der Waals surface area contributed by atoms with Gasteiger partial charge in [-0.25, -0.2) is 0 Å². The van der Waals surface area contributed by atoms with Crippen LogP contribution in [0.3, 0.4) is 0 Å². The largest absolute Gasteiger partial charge is 0.349 e. The van der Waals surface area contributed by atoms with E-state index in [1.807, 2.05) is 37.8 Å². The molecule has 0 aromatic carbocycles. The highest BCUT2D eigenvalue weighted by Crippen LogP contribution is 2.24. The van der Waals surface area contributed by atoms with Gasteiger partial charge in [0.15, 0.2) is 0 Å². The van der Waals surface area contributed by atoms with Gasteiger partial charge in [-0.05, 0) is 46.1 Å². The van der Waals surface area contributed by atoms with Crippen LogP contribution in [0.4, 0.5) is 0 Å². The highest BCUT2D eigenvalue weighted by atomic mass is 16.1. The smallest absolute Gasteiger partial charge is 0.221 e. The van der Waals surface area contributed by atoms with Gasteiger partial charge in [0, 0.05) is 29.9 Å². The minimum Gasteiger partial charge on any atom is -0.349 e. The lowest BCUT2D eigenvalue weighted by atomic mass is 9.95. The Labute approximate surface area is 137 Å². The number of amides is 1. The summed E-state index contributed by atoms with van der Waals surface area (Å²) in [7, 11) is 0. The number of H-pyrrole nitrogens is 1. The first-order valence-electron chi connectivity index (χ1n) is 8.14. The molecule has 6 heteroatoms. The van der Waals surface area contributed by atoms with Crippen LogP contribution >= 0.6 is 0 Å². The maximum Gasteiger partial charge on any atom is 0.221 e. The molecule has 2 rings (SSSR count). The van der Waals surface area contributed by atoms with Crippen molar-refractivity contribution in [2.24, 2.45) is 0 Å². The molecule has 0 aliphatic heterocycles. The van der Waals surface area contributed by atoms with Crippen LogP contribution in [-0.4, -0.2) is 25.9 Å². The molecule has 0 unspecified atom stereocenters. The number of hydrogen-bond acceptors (Lipinski definition) is 3. The molecule has 0 saturated carbocycles. The van der Waals surface area contributed by atoms with E-state index in [9.17, 15) is 4.79 Å². The van der Waals surface area contributed by atoms with Crippen LogP contribution in [0.15, 0.2) is 12.4 Å². The van der Waals surface area contributed by atoms with Crippen molar-refractivity contribution < 1.29 is 4.79 Å². The summed E-state index contributed by atoms with van der Waals surface area (Å²) in [6, 6.07) is 0.271. The van der Waals surface area contributed by atoms with E-state index in [4.69, 9.17) is 0 Å². The van der Waals surface area contributed by atoms with Crippen LogP contribution in [0, 0.1) is 13.8 Å². The molecule has 23 heavy (non-hydrogen) atoms. The quantitative estimate of drug-likeness (QED) is 0.859. The maximum absolute atomic E-state index is 12.3. The Hall–Kier alpha value is -2.11. The molecule has 6 nitrogen and oxygen atoms in total. The van der Waals surface area contributed by atoms with Crippen molar-refractivity contribution in [2.75, 3.05) is 0 Å². The molecular weight excluding hydrogens is 290 g/mol. The first kappa shape index (κ1) is 17.2. The second-order valence-electron chi connectivity index (χ2n) is 6.59. The zero-order chi connectivity index (χ0) is 17.1. The molecule has 2 heterocycles. The maximum atomic E-state index is 12.3. The SMILES string of the molecule is Cc1n[nH]c(C)c1[C@H](C)CC(=O)N[C@H](C)c1cnn(C(C)C)c1. The Bertz CT molecular complexity index is 651. The van der Waals surface area contributed by atoms with Crippen LogP contribution in [0.2, 0.25) is 0 Å². The van der Waals surface area contributed by atoms with Gasteiger partial charge >= 0.3 is 0 Å². The number of nitrogens with one attached hydrogen (secondary N) is 2. The van der Waals surface area contributed by atoms with Gasteiger partial charge in [-0.15, -0.1) is 0 Å². The van der Waals surface area contributed by atoms with Gasteiger partial charge in [-0.3, -0.25) is 14.6 Å². The first-order chi connectivity index (χ1) is 10.8. The molecule has 2 aromatic heterocycles. The van der Waals surface area contributed by atoms with Crippen molar-refractivity contribution in [1.82, 2.24) is 25.3 Å². The van der Waals surface area contributed by atoms with Crippen LogP contribution < -0.4 is 5.32 Å². The van der Waals surface area contributed by atoms with E-state index in [0.717, 1.165) is 22.5 Å². The number of aromatic amines is 1. The average molecular weight is 317 g/mol. The molecule has 0 aliphatic rings. The van der Waals surface area contributed by atoms with E-state index < -0.39 is 0 Å². The molecule has 2 atom stereocenters. The zero-order valence-electron chi connectivity index (χ0n) is 14.8. The van der Waals surface area contributed by atoms with Gasteiger partial charge in [-0.2, -0.15) is 10.2 Å². The molecule has 1 amide bonds. The Morgan fingerprint density at radius 2 is 2.00 bits per heavy atom. The Morgan fingerprint density at radius 1 is 1.30 bits per heavy atom. The van der Waals surface area contributed by atoms with Crippen molar-refractivity contribution in [3.05, 3.63) is 34.9 Å². The van der Waals surface area contributed by atoms with Gasteiger partial charge in [-0.1, -0.05) is 6.92 Å². The molecule has 2 N–H and O–H groups in total.